The van der Waals surface area contributed by atoms with Crippen LogP contribution in [0.2, 0.25) is 0 Å². The second kappa shape index (κ2) is 5.05. The lowest BCUT2D eigenvalue weighted by Gasteiger charge is -2.46. The summed E-state index contributed by atoms with van der Waals surface area (Å²) in [6, 6.07) is 0. The summed E-state index contributed by atoms with van der Waals surface area (Å²) in [4.78, 5) is 2.75. The summed E-state index contributed by atoms with van der Waals surface area (Å²) in [5.41, 5.74) is 0.405. The van der Waals surface area contributed by atoms with Crippen LogP contribution in [0.15, 0.2) is 0 Å². The maximum absolute atomic E-state index is 3.51. The minimum Gasteiger partial charge on any atom is -0.316 e. The van der Waals surface area contributed by atoms with E-state index in [1.807, 2.05) is 0 Å². The van der Waals surface area contributed by atoms with Crippen molar-refractivity contribution in [1.82, 2.24) is 10.2 Å². The summed E-state index contributed by atoms with van der Waals surface area (Å²) in [5.74, 6) is 1.85. The highest BCUT2D eigenvalue weighted by atomic mass is 15.2. The van der Waals surface area contributed by atoms with Crippen LogP contribution in [0.3, 0.4) is 0 Å². The Labute approximate surface area is 101 Å². The van der Waals surface area contributed by atoms with Gasteiger partial charge >= 0.3 is 0 Å². The highest BCUT2D eigenvalue weighted by Gasteiger charge is 2.38. The molecule has 0 aromatic carbocycles. The molecule has 0 radical (unpaired) electrons. The van der Waals surface area contributed by atoms with Gasteiger partial charge in [-0.2, -0.15) is 0 Å². The van der Waals surface area contributed by atoms with E-state index in [-0.39, 0.29) is 0 Å². The molecule has 0 amide bonds. The molecule has 0 aromatic rings. The second-order valence-corrected chi connectivity index (χ2v) is 6.18. The maximum atomic E-state index is 3.51. The first-order valence-electron chi connectivity index (χ1n) is 7.10. The fourth-order valence-corrected chi connectivity index (χ4v) is 3.43. The van der Waals surface area contributed by atoms with E-state index in [0.29, 0.717) is 5.54 Å². The number of rotatable bonds is 3. The molecule has 16 heavy (non-hydrogen) atoms. The molecule has 1 N–H and O–H groups in total. The quantitative estimate of drug-likeness (QED) is 0.792. The fraction of sp³-hybridized carbons (Fsp3) is 1.00. The zero-order chi connectivity index (χ0) is 11.6. The van der Waals surface area contributed by atoms with Gasteiger partial charge in [-0.25, -0.2) is 0 Å². The molecular formula is C14H28N2. The van der Waals surface area contributed by atoms with Gasteiger partial charge in [-0.15, -0.1) is 0 Å². The first-order valence-corrected chi connectivity index (χ1v) is 7.10. The molecule has 94 valence electrons. The van der Waals surface area contributed by atoms with E-state index in [1.54, 1.807) is 0 Å². The van der Waals surface area contributed by atoms with E-state index in [4.69, 9.17) is 0 Å². The van der Waals surface area contributed by atoms with Gasteiger partial charge in [0.05, 0.1) is 0 Å². The van der Waals surface area contributed by atoms with Crippen LogP contribution in [0.1, 0.15) is 46.5 Å². The van der Waals surface area contributed by atoms with Crippen molar-refractivity contribution in [2.45, 2.75) is 52.0 Å². The van der Waals surface area contributed by atoms with Gasteiger partial charge in [-0.05, 0) is 71.1 Å². The average molecular weight is 224 g/mol. The molecule has 0 aromatic heterocycles. The van der Waals surface area contributed by atoms with Crippen LogP contribution in [-0.4, -0.2) is 36.6 Å². The third-order valence-corrected chi connectivity index (χ3v) is 5.07. The van der Waals surface area contributed by atoms with Crippen LogP contribution in [0.25, 0.3) is 0 Å². The molecule has 2 heteroatoms. The molecule has 2 saturated heterocycles. The van der Waals surface area contributed by atoms with Crippen LogP contribution in [0.5, 0.6) is 0 Å². The van der Waals surface area contributed by atoms with E-state index in [2.05, 4.69) is 31.0 Å². The fourth-order valence-electron chi connectivity index (χ4n) is 3.43. The van der Waals surface area contributed by atoms with Crippen molar-refractivity contribution in [2.24, 2.45) is 11.8 Å². The number of hydrogen-bond acceptors (Lipinski definition) is 2. The Balaban J connectivity index is 1.91. The Hall–Kier alpha value is -0.0800. The van der Waals surface area contributed by atoms with Crippen molar-refractivity contribution in [1.29, 1.82) is 0 Å². The number of hydrogen-bond donors (Lipinski definition) is 1. The Bertz CT molecular complexity index is 211. The number of piperidine rings is 1. The van der Waals surface area contributed by atoms with E-state index < -0.39 is 0 Å². The smallest absolute Gasteiger partial charge is 0.0193 e. The van der Waals surface area contributed by atoms with E-state index in [0.717, 1.165) is 11.8 Å². The summed E-state index contributed by atoms with van der Waals surface area (Å²) in [6.07, 6.45) is 5.57. The molecule has 1 unspecified atom stereocenters. The Morgan fingerprint density at radius 3 is 2.38 bits per heavy atom. The van der Waals surface area contributed by atoms with Crippen molar-refractivity contribution in [3.05, 3.63) is 0 Å². The lowest BCUT2D eigenvalue weighted by atomic mass is 9.82. The molecule has 0 bridgehead atoms. The van der Waals surface area contributed by atoms with Crippen molar-refractivity contribution in [3.8, 4) is 0 Å². The summed E-state index contributed by atoms with van der Waals surface area (Å²) in [7, 11) is 0. The van der Waals surface area contributed by atoms with Crippen LogP contribution in [-0.2, 0) is 0 Å². The maximum Gasteiger partial charge on any atom is 0.0193 e. The van der Waals surface area contributed by atoms with Crippen LogP contribution >= 0.6 is 0 Å². The molecule has 2 aliphatic rings. The van der Waals surface area contributed by atoms with Gasteiger partial charge in [0.15, 0.2) is 0 Å². The Kier molecular flexibility index (Phi) is 3.91. The summed E-state index contributed by atoms with van der Waals surface area (Å²) >= 11 is 0. The monoisotopic (exact) mass is 224 g/mol. The van der Waals surface area contributed by atoms with Crippen molar-refractivity contribution in [2.75, 3.05) is 26.2 Å². The van der Waals surface area contributed by atoms with Crippen molar-refractivity contribution >= 4 is 0 Å². The minimum atomic E-state index is 0.405. The largest absolute Gasteiger partial charge is 0.316 e. The first-order chi connectivity index (χ1) is 7.64. The molecule has 2 nitrogen and oxygen atoms in total. The third-order valence-electron chi connectivity index (χ3n) is 5.07. The van der Waals surface area contributed by atoms with Gasteiger partial charge in [0, 0.05) is 5.54 Å². The van der Waals surface area contributed by atoms with Crippen molar-refractivity contribution in [3.63, 3.8) is 0 Å². The molecule has 2 rings (SSSR count). The Morgan fingerprint density at radius 2 is 1.88 bits per heavy atom. The van der Waals surface area contributed by atoms with Crippen LogP contribution < -0.4 is 5.32 Å². The number of nitrogens with zero attached hydrogens (tertiary/aromatic N) is 1. The second-order valence-electron chi connectivity index (χ2n) is 6.18. The van der Waals surface area contributed by atoms with Gasteiger partial charge in [0.2, 0.25) is 0 Å². The highest BCUT2D eigenvalue weighted by molar-refractivity contribution is 4.94. The standard InChI is InChI=1S/C14H28N2/c1-4-12-6-9-16(10-7-12)14(2,3)13-5-8-15-11-13/h12-13,15H,4-11H2,1-3H3. The lowest BCUT2D eigenvalue weighted by Crippen LogP contribution is -2.53. The SMILES string of the molecule is CCC1CCN(C(C)(C)C2CCNC2)CC1. The summed E-state index contributed by atoms with van der Waals surface area (Å²) < 4.78 is 0. The van der Waals surface area contributed by atoms with E-state index in [9.17, 15) is 0 Å². The van der Waals surface area contributed by atoms with Gasteiger partial charge in [0.1, 0.15) is 0 Å². The van der Waals surface area contributed by atoms with Gasteiger partial charge < -0.3 is 5.32 Å². The lowest BCUT2D eigenvalue weighted by molar-refractivity contribution is 0.0360. The molecule has 2 aliphatic heterocycles. The van der Waals surface area contributed by atoms with Crippen LogP contribution in [0, 0.1) is 11.8 Å². The Morgan fingerprint density at radius 1 is 1.19 bits per heavy atom. The predicted molar refractivity (Wildman–Crippen MR) is 69.6 cm³/mol. The summed E-state index contributed by atoms with van der Waals surface area (Å²) in [5, 5.41) is 3.51. The van der Waals surface area contributed by atoms with Crippen LogP contribution in [0.4, 0.5) is 0 Å². The van der Waals surface area contributed by atoms with Crippen molar-refractivity contribution < 1.29 is 0 Å². The molecule has 1 atom stereocenters. The number of nitrogens with one attached hydrogen (secondary N) is 1. The zero-order valence-corrected chi connectivity index (χ0v) is 11.3. The molecule has 2 fully saturated rings. The van der Waals surface area contributed by atoms with E-state index >= 15 is 0 Å². The molecule has 0 aliphatic carbocycles. The first kappa shape index (κ1) is 12.4. The molecular weight excluding hydrogens is 196 g/mol. The minimum absolute atomic E-state index is 0.405. The zero-order valence-electron chi connectivity index (χ0n) is 11.3. The van der Waals surface area contributed by atoms with Gasteiger partial charge in [-0.1, -0.05) is 13.3 Å². The average Bonchev–Trinajstić information content (AvgIpc) is 2.83. The molecule has 0 spiro atoms. The number of likely N-dealkylation sites (tertiary alicyclic amines) is 1. The molecule has 0 saturated carbocycles. The molecule has 2 heterocycles. The van der Waals surface area contributed by atoms with E-state index in [1.165, 1.54) is 51.9 Å². The van der Waals surface area contributed by atoms with Gasteiger partial charge in [-0.3, -0.25) is 4.90 Å². The third kappa shape index (κ3) is 2.43. The highest BCUT2D eigenvalue weighted by Crippen LogP contribution is 2.33. The normalized spacial score (nSPS) is 29.8. The predicted octanol–water partition coefficient (Wildman–Crippen LogP) is 2.50. The van der Waals surface area contributed by atoms with Gasteiger partial charge in [0.25, 0.3) is 0 Å². The topological polar surface area (TPSA) is 15.3 Å². The summed E-state index contributed by atoms with van der Waals surface area (Å²) in [6.45, 7) is 12.3.